The molecule has 0 radical (unpaired) electrons. The second kappa shape index (κ2) is 6.42. The number of ether oxygens (including phenoxy) is 1. The summed E-state index contributed by atoms with van der Waals surface area (Å²) in [7, 11) is 0. The monoisotopic (exact) mass is 379 g/mol. The molecule has 1 aliphatic rings. The maximum atomic E-state index is 13.7. The van der Waals surface area contributed by atoms with Crippen molar-refractivity contribution >= 4 is 46.5 Å². The van der Waals surface area contributed by atoms with Crippen molar-refractivity contribution in [1.29, 1.82) is 0 Å². The maximum absolute atomic E-state index is 13.7. The molecule has 1 aromatic carbocycles. The average molecular weight is 379 g/mol. The maximum Gasteiger partial charge on any atom is 0.293 e. The van der Waals surface area contributed by atoms with E-state index in [1.807, 2.05) is 11.5 Å². The molecule has 1 unspecified atom stereocenters. The Kier molecular flexibility index (Phi) is 4.87. The Morgan fingerprint density at radius 3 is 3.17 bits per heavy atom. The van der Waals surface area contributed by atoms with E-state index in [9.17, 15) is 9.18 Å². The summed E-state index contributed by atoms with van der Waals surface area (Å²) < 4.78 is 19.3. The van der Waals surface area contributed by atoms with E-state index < -0.39 is 0 Å². The third-order valence-corrected chi connectivity index (χ3v) is 4.21. The molecule has 1 heterocycles. The van der Waals surface area contributed by atoms with Crippen molar-refractivity contribution in [2.75, 3.05) is 17.7 Å². The van der Waals surface area contributed by atoms with Gasteiger partial charge in [-0.2, -0.15) is 0 Å². The molecule has 0 saturated carbocycles. The van der Waals surface area contributed by atoms with E-state index >= 15 is 0 Å². The summed E-state index contributed by atoms with van der Waals surface area (Å²) in [6, 6.07) is 5.02. The minimum Gasteiger partial charge on any atom is -0.467 e. The molecule has 0 spiro atoms. The predicted molar refractivity (Wildman–Crippen MR) is 78.8 cm³/mol. The quantitative estimate of drug-likeness (QED) is 0.630. The molecule has 1 aliphatic heterocycles. The topological polar surface area (TPSA) is 38.3 Å². The Hall–Kier alpha value is -0.760. The molecule has 96 valence electrons. The van der Waals surface area contributed by atoms with Crippen molar-refractivity contribution in [3.05, 3.63) is 38.7 Å². The van der Waals surface area contributed by atoms with Gasteiger partial charge in [0.05, 0.1) is 5.69 Å². The Labute approximate surface area is 122 Å². The molecule has 0 aliphatic carbocycles. The first-order valence-electron chi connectivity index (χ1n) is 5.29. The molecule has 2 rings (SSSR count). The van der Waals surface area contributed by atoms with Gasteiger partial charge in [0.25, 0.3) is 6.47 Å². The van der Waals surface area contributed by atoms with Crippen molar-refractivity contribution in [1.82, 2.24) is 0 Å². The van der Waals surface area contributed by atoms with Crippen LogP contribution in [-0.4, -0.2) is 18.8 Å². The van der Waals surface area contributed by atoms with E-state index in [1.165, 1.54) is 6.07 Å². The Bertz CT molecular complexity index is 481. The van der Waals surface area contributed by atoms with Crippen molar-refractivity contribution < 1.29 is 13.9 Å². The third kappa shape index (κ3) is 3.38. The van der Waals surface area contributed by atoms with Gasteiger partial charge in [-0.25, -0.2) is 4.39 Å². The van der Waals surface area contributed by atoms with Gasteiger partial charge in [-0.1, -0.05) is 0 Å². The van der Waals surface area contributed by atoms with Crippen molar-refractivity contribution in [2.45, 2.75) is 0 Å². The standard InChI is InChI=1S/C12H11FINO2S/c13-10-3-9(14)1-2-11(10)15-12-6-18-5-8(12)4-17-7-16/h1-3,6-8,15H,4-5H2. The van der Waals surface area contributed by atoms with Gasteiger partial charge in [0.1, 0.15) is 12.4 Å². The lowest BCUT2D eigenvalue weighted by Gasteiger charge is -2.15. The number of rotatable bonds is 5. The van der Waals surface area contributed by atoms with E-state index in [1.54, 1.807) is 17.8 Å². The molecular formula is C12H11FINO2S. The number of benzene rings is 1. The van der Waals surface area contributed by atoms with Gasteiger partial charge in [-0.3, -0.25) is 4.79 Å². The number of anilines is 1. The number of nitrogens with one attached hydrogen (secondary N) is 1. The van der Waals surface area contributed by atoms with Crippen LogP contribution < -0.4 is 5.32 Å². The number of halogens is 2. The Morgan fingerprint density at radius 1 is 1.61 bits per heavy atom. The van der Waals surface area contributed by atoms with Gasteiger partial charge in [0, 0.05) is 20.9 Å². The van der Waals surface area contributed by atoms with Crippen LogP contribution in [0.25, 0.3) is 0 Å². The van der Waals surface area contributed by atoms with Crippen LogP contribution in [0.2, 0.25) is 0 Å². The second-order valence-corrected chi connectivity index (χ2v) is 5.93. The number of thioether (sulfide) groups is 1. The summed E-state index contributed by atoms with van der Waals surface area (Å²) in [5.74, 6) is 0.649. The van der Waals surface area contributed by atoms with Crippen LogP contribution in [-0.2, 0) is 9.53 Å². The summed E-state index contributed by atoms with van der Waals surface area (Å²) in [5, 5.41) is 5.00. The van der Waals surface area contributed by atoms with Crippen molar-refractivity contribution in [3.63, 3.8) is 0 Å². The fourth-order valence-corrected chi connectivity index (χ4v) is 3.10. The van der Waals surface area contributed by atoms with Gasteiger partial charge in [-0.15, -0.1) is 11.8 Å². The molecule has 18 heavy (non-hydrogen) atoms. The summed E-state index contributed by atoms with van der Waals surface area (Å²) >= 11 is 3.69. The fourth-order valence-electron chi connectivity index (χ4n) is 1.61. The molecule has 0 aromatic heterocycles. The van der Waals surface area contributed by atoms with Gasteiger partial charge >= 0.3 is 0 Å². The molecule has 1 aromatic rings. The summed E-state index contributed by atoms with van der Waals surface area (Å²) in [6.07, 6.45) is 0. The lowest BCUT2D eigenvalue weighted by Crippen LogP contribution is -2.16. The summed E-state index contributed by atoms with van der Waals surface area (Å²) in [5.41, 5.74) is 1.34. The third-order valence-electron chi connectivity index (χ3n) is 2.52. The number of carbonyl (C=O) groups is 1. The molecule has 6 heteroatoms. The minimum atomic E-state index is -0.283. The molecule has 0 amide bonds. The first-order valence-corrected chi connectivity index (χ1v) is 7.42. The smallest absolute Gasteiger partial charge is 0.293 e. The zero-order valence-corrected chi connectivity index (χ0v) is 12.3. The van der Waals surface area contributed by atoms with Crippen LogP contribution in [0.4, 0.5) is 10.1 Å². The first-order chi connectivity index (χ1) is 8.70. The highest BCUT2D eigenvalue weighted by atomic mass is 127. The number of carbonyl (C=O) groups excluding carboxylic acids is 1. The van der Waals surface area contributed by atoms with Gasteiger partial charge in [0.15, 0.2) is 0 Å². The predicted octanol–water partition coefficient (Wildman–Crippen LogP) is 3.22. The molecule has 0 bridgehead atoms. The SMILES string of the molecule is O=COCC1CSC=C1Nc1ccc(I)cc1F. The van der Waals surface area contributed by atoms with Gasteiger partial charge < -0.3 is 10.1 Å². The molecule has 0 saturated heterocycles. The van der Waals surface area contributed by atoms with Crippen LogP contribution in [0.15, 0.2) is 29.3 Å². The zero-order valence-electron chi connectivity index (χ0n) is 9.36. The van der Waals surface area contributed by atoms with Gasteiger partial charge in [-0.05, 0) is 46.2 Å². The highest BCUT2D eigenvalue weighted by molar-refractivity contribution is 14.1. The Balaban J connectivity index is 2.06. The van der Waals surface area contributed by atoms with Crippen LogP contribution in [0.5, 0.6) is 0 Å². The van der Waals surface area contributed by atoms with E-state index in [2.05, 4.69) is 27.9 Å². The van der Waals surface area contributed by atoms with Crippen LogP contribution in [0.1, 0.15) is 0 Å². The van der Waals surface area contributed by atoms with E-state index in [0.717, 1.165) is 15.0 Å². The zero-order chi connectivity index (χ0) is 13.0. The molecule has 1 N–H and O–H groups in total. The minimum absolute atomic E-state index is 0.0962. The summed E-state index contributed by atoms with van der Waals surface area (Å²) in [6.45, 7) is 0.757. The van der Waals surface area contributed by atoms with Crippen molar-refractivity contribution in [3.8, 4) is 0 Å². The summed E-state index contributed by atoms with van der Waals surface area (Å²) in [4.78, 5) is 10.2. The lowest BCUT2D eigenvalue weighted by atomic mass is 10.1. The molecule has 0 fully saturated rings. The van der Waals surface area contributed by atoms with Crippen LogP contribution >= 0.6 is 34.4 Å². The highest BCUT2D eigenvalue weighted by Gasteiger charge is 2.21. The van der Waals surface area contributed by atoms with E-state index in [4.69, 9.17) is 4.74 Å². The number of hydrogen-bond acceptors (Lipinski definition) is 4. The number of hydrogen-bond donors (Lipinski definition) is 1. The fraction of sp³-hybridized carbons (Fsp3) is 0.250. The molecule has 1 atom stereocenters. The molecular weight excluding hydrogens is 368 g/mol. The van der Waals surface area contributed by atoms with Crippen LogP contribution in [0.3, 0.4) is 0 Å². The van der Waals surface area contributed by atoms with Crippen LogP contribution in [0, 0.1) is 15.3 Å². The second-order valence-electron chi connectivity index (χ2n) is 3.78. The average Bonchev–Trinajstić information content (AvgIpc) is 2.77. The Morgan fingerprint density at radius 2 is 2.44 bits per heavy atom. The molecule has 3 nitrogen and oxygen atoms in total. The van der Waals surface area contributed by atoms with Gasteiger partial charge in [0.2, 0.25) is 0 Å². The normalized spacial score (nSPS) is 18.3. The largest absolute Gasteiger partial charge is 0.467 e. The van der Waals surface area contributed by atoms with E-state index in [0.29, 0.717) is 18.8 Å². The van der Waals surface area contributed by atoms with E-state index in [-0.39, 0.29) is 11.7 Å². The highest BCUT2D eigenvalue weighted by Crippen LogP contribution is 2.30. The van der Waals surface area contributed by atoms with Crippen molar-refractivity contribution in [2.24, 2.45) is 5.92 Å². The lowest BCUT2D eigenvalue weighted by molar-refractivity contribution is -0.129. The first kappa shape index (κ1) is 13.7.